The highest BCUT2D eigenvalue weighted by Crippen LogP contribution is 2.38. The SMILES string of the molecule is CC(C(=O)N1CCOc2c(Cl)cccc21)n1cncn1. The molecular weight excluding hydrogens is 280 g/mol. The van der Waals surface area contributed by atoms with Crippen LogP contribution in [0.1, 0.15) is 13.0 Å². The van der Waals surface area contributed by atoms with E-state index < -0.39 is 6.04 Å². The van der Waals surface area contributed by atoms with E-state index in [0.717, 1.165) is 0 Å². The fraction of sp³-hybridized carbons (Fsp3) is 0.308. The minimum absolute atomic E-state index is 0.0673. The van der Waals surface area contributed by atoms with Gasteiger partial charge in [0.15, 0.2) is 5.75 Å². The van der Waals surface area contributed by atoms with Gasteiger partial charge >= 0.3 is 0 Å². The molecule has 1 atom stereocenters. The number of hydrogen-bond acceptors (Lipinski definition) is 4. The molecular formula is C13H13ClN4O2. The summed E-state index contributed by atoms with van der Waals surface area (Å²) in [7, 11) is 0. The number of halogens is 1. The Morgan fingerprint density at radius 2 is 2.35 bits per heavy atom. The van der Waals surface area contributed by atoms with Crippen LogP contribution in [0.5, 0.6) is 5.75 Å². The van der Waals surface area contributed by atoms with E-state index in [0.29, 0.717) is 29.6 Å². The van der Waals surface area contributed by atoms with Crippen molar-refractivity contribution in [2.45, 2.75) is 13.0 Å². The molecule has 0 saturated heterocycles. The monoisotopic (exact) mass is 292 g/mol. The Labute approximate surface area is 120 Å². The lowest BCUT2D eigenvalue weighted by Crippen LogP contribution is -2.41. The summed E-state index contributed by atoms with van der Waals surface area (Å²) in [6.07, 6.45) is 2.94. The van der Waals surface area contributed by atoms with Gasteiger partial charge in [-0.05, 0) is 19.1 Å². The van der Waals surface area contributed by atoms with Gasteiger partial charge < -0.3 is 9.64 Å². The molecule has 2 heterocycles. The van der Waals surface area contributed by atoms with Crippen molar-refractivity contribution in [1.82, 2.24) is 14.8 Å². The van der Waals surface area contributed by atoms with Gasteiger partial charge in [0, 0.05) is 0 Å². The van der Waals surface area contributed by atoms with Gasteiger partial charge in [0.25, 0.3) is 5.91 Å². The summed E-state index contributed by atoms with van der Waals surface area (Å²) in [5.41, 5.74) is 0.695. The van der Waals surface area contributed by atoms with Gasteiger partial charge in [0.1, 0.15) is 25.3 Å². The van der Waals surface area contributed by atoms with Crippen molar-refractivity contribution in [2.24, 2.45) is 0 Å². The molecule has 20 heavy (non-hydrogen) atoms. The van der Waals surface area contributed by atoms with E-state index in [1.807, 2.05) is 6.07 Å². The molecule has 7 heteroatoms. The number of rotatable bonds is 2. The predicted molar refractivity (Wildman–Crippen MR) is 74.0 cm³/mol. The molecule has 1 unspecified atom stereocenters. The summed E-state index contributed by atoms with van der Waals surface area (Å²) in [6, 6.07) is 4.94. The Bertz CT molecular complexity index is 629. The largest absolute Gasteiger partial charge is 0.488 e. The Balaban J connectivity index is 1.93. The second kappa shape index (κ2) is 5.13. The van der Waals surface area contributed by atoms with Gasteiger partial charge in [-0.2, -0.15) is 5.10 Å². The molecule has 0 N–H and O–H groups in total. The van der Waals surface area contributed by atoms with Crippen molar-refractivity contribution in [3.8, 4) is 5.75 Å². The first kappa shape index (κ1) is 12.9. The van der Waals surface area contributed by atoms with Crippen molar-refractivity contribution in [3.05, 3.63) is 35.9 Å². The number of hydrogen-bond donors (Lipinski definition) is 0. The van der Waals surface area contributed by atoms with Gasteiger partial charge in [0.2, 0.25) is 0 Å². The topological polar surface area (TPSA) is 60.2 Å². The van der Waals surface area contributed by atoms with E-state index in [4.69, 9.17) is 16.3 Å². The summed E-state index contributed by atoms with van der Waals surface area (Å²) in [5.74, 6) is 0.488. The maximum Gasteiger partial charge on any atom is 0.251 e. The Kier molecular flexibility index (Phi) is 3.31. The number of carbonyl (C=O) groups is 1. The number of aromatic nitrogens is 3. The maximum atomic E-state index is 12.6. The molecule has 3 rings (SSSR count). The van der Waals surface area contributed by atoms with Gasteiger partial charge in [-0.15, -0.1) is 0 Å². The molecule has 1 amide bonds. The number of fused-ring (bicyclic) bond motifs is 1. The fourth-order valence-electron chi connectivity index (χ4n) is 2.20. The van der Waals surface area contributed by atoms with Crippen molar-refractivity contribution >= 4 is 23.2 Å². The summed E-state index contributed by atoms with van der Waals surface area (Å²) in [6.45, 7) is 2.70. The van der Waals surface area contributed by atoms with Crippen LogP contribution < -0.4 is 9.64 Å². The molecule has 0 bridgehead atoms. The Hall–Kier alpha value is -2.08. The quantitative estimate of drug-likeness (QED) is 0.848. The highest BCUT2D eigenvalue weighted by atomic mass is 35.5. The Morgan fingerprint density at radius 1 is 1.50 bits per heavy atom. The lowest BCUT2D eigenvalue weighted by atomic mass is 10.2. The molecule has 1 aliphatic heterocycles. The van der Waals surface area contributed by atoms with E-state index in [1.165, 1.54) is 17.3 Å². The summed E-state index contributed by atoms with van der Waals surface area (Å²) in [5, 5.41) is 4.51. The number of anilines is 1. The fourth-order valence-corrected chi connectivity index (χ4v) is 2.42. The molecule has 1 aromatic heterocycles. The highest BCUT2D eigenvalue weighted by Gasteiger charge is 2.29. The Morgan fingerprint density at radius 3 is 3.10 bits per heavy atom. The van der Waals surface area contributed by atoms with Gasteiger partial charge in [0.05, 0.1) is 17.3 Å². The van der Waals surface area contributed by atoms with Crippen molar-refractivity contribution in [2.75, 3.05) is 18.1 Å². The molecule has 1 aliphatic rings. The third kappa shape index (κ3) is 2.12. The third-order valence-electron chi connectivity index (χ3n) is 3.26. The molecule has 0 saturated carbocycles. The van der Waals surface area contributed by atoms with Gasteiger partial charge in [-0.25, -0.2) is 9.67 Å². The van der Waals surface area contributed by atoms with Gasteiger partial charge in [-0.1, -0.05) is 17.7 Å². The lowest BCUT2D eigenvalue weighted by Gasteiger charge is -2.31. The molecule has 0 aliphatic carbocycles. The molecule has 2 aromatic rings. The molecule has 0 radical (unpaired) electrons. The second-order valence-corrected chi connectivity index (χ2v) is 4.89. The van der Waals surface area contributed by atoms with Crippen LogP contribution in [0, 0.1) is 0 Å². The zero-order valence-corrected chi connectivity index (χ0v) is 11.6. The van der Waals surface area contributed by atoms with Crippen LogP contribution >= 0.6 is 11.6 Å². The molecule has 104 valence electrons. The second-order valence-electron chi connectivity index (χ2n) is 4.48. The summed E-state index contributed by atoms with van der Waals surface area (Å²) < 4.78 is 7.07. The molecule has 6 nitrogen and oxygen atoms in total. The van der Waals surface area contributed by atoms with Crippen molar-refractivity contribution in [3.63, 3.8) is 0 Å². The first-order valence-electron chi connectivity index (χ1n) is 6.25. The van der Waals surface area contributed by atoms with E-state index in [2.05, 4.69) is 10.1 Å². The van der Waals surface area contributed by atoms with Crippen LogP contribution in [-0.2, 0) is 4.79 Å². The summed E-state index contributed by atoms with van der Waals surface area (Å²) >= 11 is 6.10. The van der Waals surface area contributed by atoms with Crippen LogP contribution in [0.2, 0.25) is 5.02 Å². The number of para-hydroxylation sites is 1. The van der Waals surface area contributed by atoms with E-state index in [1.54, 1.807) is 24.0 Å². The average Bonchev–Trinajstić information content (AvgIpc) is 3.00. The van der Waals surface area contributed by atoms with Crippen LogP contribution in [0.3, 0.4) is 0 Å². The van der Waals surface area contributed by atoms with Gasteiger partial charge in [-0.3, -0.25) is 4.79 Å². The highest BCUT2D eigenvalue weighted by molar-refractivity contribution is 6.32. The van der Waals surface area contributed by atoms with E-state index in [-0.39, 0.29) is 5.91 Å². The standard InChI is InChI=1S/C13H13ClN4O2/c1-9(18-8-15-7-16-18)13(19)17-5-6-20-12-10(14)3-2-4-11(12)17/h2-4,7-9H,5-6H2,1H3. The normalized spacial score (nSPS) is 15.4. The summed E-state index contributed by atoms with van der Waals surface area (Å²) in [4.78, 5) is 18.2. The van der Waals surface area contributed by atoms with Crippen molar-refractivity contribution in [1.29, 1.82) is 0 Å². The van der Waals surface area contributed by atoms with E-state index in [9.17, 15) is 4.79 Å². The minimum atomic E-state index is -0.428. The number of nitrogens with zero attached hydrogens (tertiary/aromatic N) is 4. The first-order valence-corrected chi connectivity index (χ1v) is 6.63. The van der Waals surface area contributed by atoms with E-state index >= 15 is 0 Å². The number of benzene rings is 1. The first-order chi connectivity index (χ1) is 9.68. The minimum Gasteiger partial charge on any atom is -0.488 e. The van der Waals surface area contributed by atoms with Crippen LogP contribution in [0.25, 0.3) is 0 Å². The lowest BCUT2D eigenvalue weighted by molar-refractivity contribution is -0.121. The third-order valence-corrected chi connectivity index (χ3v) is 3.55. The zero-order chi connectivity index (χ0) is 14.1. The molecule has 1 aromatic carbocycles. The molecule has 0 spiro atoms. The van der Waals surface area contributed by atoms with Crippen LogP contribution in [0.4, 0.5) is 5.69 Å². The number of ether oxygens (including phenoxy) is 1. The maximum absolute atomic E-state index is 12.6. The smallest absolute Gasteiger partial charge is 0.251 e. The number of carbonyl (C=O) groups excluding carboxylic acids is 1. The molecule has 0 fully saturated rings. The predicted octanol–water partition coefficient (Wildman–Crippen LogP) is 1.92. The van der Waals surface area contributed by atoms with Crippen LogP contribution in [0.15, 0.2) is 30.9 Å². The zero-order valence-electron chi connectivity index (χ0n) is 10.9. The average molecular weight is 293 g/mol. The van der Waals surface area contributed by atoms with Crippen LogP contribution in [-0.4, -0.2) is 33.8 Å². The van der Waals surface area contributed by atoms with Crippen molar-refractivity contribution < 1.29 is 9.53 Å². The number of amides is 1.